The lowest BCUT2D eigenvalue weighted by Gasteiger charge is -2.22. The van der Waals surface area contributed by atoms with Gasteiger partial charge >= 0.3 is 0 Å². The van der Waals surface area contributed by atoms with Crippen LogP contribution in [0.15, 0.2) is 0 Å². The van der Waals surface area contributed by atoms with Crippen LogP contribution in [0.3, 0.4) is 0 Å². The predicted molar refractivity (Wildman–Crippen MR) is 67.2 cm³/mol. The van der Waals surface area contributed by atoms with E-state index in [2.05, 4.69) is 39.9 Å². The molecule has 0 bridgehead atoms. The largest absolute Gasteiger partial charge is 0.382 e. The summed E-state index contributed by atoms with van der Waals surface area (Å²) in [5.74, 6) is 1.55. The van der Waals surface area contributed by atoms with Crippen molar-refractivity contribution in [2.24, 2.45) is 11.8 Å². The molecule has 2 nitrogen and oxygen atoms in total. The van der Waals surface area contributed by atoms with E-state index in [1.165, 1.54) is 12.8 Å². The molecule has 92 valence electrons. The molecule has 0 heterocycles. The highest BCUT2D eigenvalue weighted by Gasteiger charge is 2.12. The van der Waals surface area contributed by atoms with E-state index in [4.69, 9.17) is 4.74 Å². The average molecular weight is 215 g/mol. The van der Waals surface area contributed by atoms with Crippen LogP contribution < -0.4 is 5.32 Å². The Labute approximate surface area is 95.8 Å². The first-order chi connectivity index (χ1) is 7.07. The fourth-order valence-electron chi connectivity index (χ4n) is 1.65. The highest BCUT2D eigenvalue weighted by molar-refractivity contribution is 4.67. The zero-order valence-electron chi connectivity index (χ0n) is 11.2. The summed E-state index contributed by atoms with van der Waals surface area (Å²) in [6.45, 7) is 14.0. The highest BCUT2D eigenvalue weighted by Crippen LogP contribution is 2.16. The predicted octanol–water partition coefficient (Wildman–Crippen LogP) is 3.07. The summed E-state index contributed by atoms with van der Waals surface area (Å²) in [6.07, 6.45) is 2.47. The monoisotopic (exact) mass is 215 g/mol. The zero-order chi connectivity index (χ0) is 11.7. The second-order valence-corrected chi connectivity index (χ2v) is 4.91. The summed E-state index contributed by atoms with van der Waals surface area (Å²) in [4.78, 5) is 0. The maximum absolute atomic E-state index is 5.37. The smallest absolute Gasteiger partial charge is 0.0466 e. The molecular weight excluding hydrogens is 186 g/mol. The van der Waals surface area contributed by atoms with Crippen LogP contribution in [-0.4, -0.2) is 25.8 Å². The van der Waals surface area contributed by atoms with Crippen molar-refractivity contribution >= 4 is 0 Å². The maximum Gasteiger partial charge on any atom is 0.0466 e. The van der Waals surface area contributed by atoms with Crippen LogP contribution in [0.4, 0.5) is 0 Å². The lowest BCUT2D eigenvalue weighted by Crippen LogP contribution is -2.31. The molecule has 0 fully saturated rings. The number of nitrogens with one attached hydrogen (secondary N) is 1. The molecule has 0 radical (unpaired) electrons. The fraction of sp³-hybridized carbons (Fsp3) is 1.00. The van der Waals surface area contributed by atoms with Crippen LogP contribution >= 0.6 is 0 Å². The molecule has 0 spiro atoms. The Kier molecular flexibility index (Phi) is 9.12. The van der Waals surface area contributed by atoms with E-state index in [-0.39, 0.29) is 0 Å². The van der Waals surface area contributed by atoms with Crippen LogP contribution in [0.1, 0.15) is 47.5 Å². The number of ether oxygens (including phenoxy) is 1. The van der Waals surface area contributed by atoms with Gasteiger partial charge in [-0.05, 0) is 38.1 Å². The first-order valence-electron chi connectivity index (χ1n) is 6.39. The van der Waals surface area contributed by atoms with Gasteiger partial charge in [0.15, 0.2) is 0 Å². The van der Waals surface area contributed by atoms with E-state index in [0.717, 1.165) is 31.6 Å². The number of hydrogen-bond donors (Lipinski definition) is 1. The van der Waals surface area contributed by atoms with Gasteiger partial charge in [-0.2, -0.15) is 0 Å². The Morgan fingerprint density at radius 3 is 2.27 bits per heavy atom. The summed E-state index contributed by atoms with van der Waals surface area (Å²) < 4.78 is 5.37. The van der Waals surface area contributed by atoms with Gasteiger partial charge in [0.2, 0.25) is 0 Å². The summed E-state index contributed by atoms with van der Waals surface area (Å²) >= 11 is 0. The number of rotatable bonds is 9. The summed E-state index contributed by atoms with van der Waals surface area (Å²) in [5.41, 5.74) is 0. The van der Waals surface area contributed by atoms with E-state index in [0.29, 0.717) is 6.04 Å². The Bertz CT molecular complexity index is 134. The molecule has 15 heavy (non-hydrogen) atoms. The second kappa shape index (κ2) is 9.17. The van der Waals surface area contributed by atoms with Crippen molar-refractivity contribution in [3.8, 4) is 0 Å². The molecule has 0 aliphatic carbocycles. The van der Waals surface area contributed by atoms with E-state index in [1.807, 2.05) is 0 Å². The molecule has 0 rings (SSSR count). The van der Waals surface area contributed by atoms with E-state index in [1.54, 1.807) is 0 Å². The molecule has 0 aliphatic rings. The summed E-state index contributed by atoms with van der Waals surface area (Å²) in [7, 11) is 0. The molecule has 2 heteroatoms. The van der Waals surface area contributed by atoms with Crippen molar-refractivity contribution in [3.05, 3.63) is 0 Å². The van der Waals surface area contributed by atoms with Crippen molar-refractivity contribution in [3.63, 3.8) is 0 Å². The molecular formula is C13H29NO. The zero-order valence-corrected chi connectivity index (χ0v) is 11.2. The van der Waals surface area contributed by atoms with Gasteiger partial charge < -0.3 is 10.1 Å². The van der Waals surface area contributed by atoms with Crippen LogP contribution in [0, 0.1) is 11.8 Å². The van der Waals surface area contributed by atoms with Gasteiger partial charge in [-0.1, -0.05) is 27.7 Å². The van der Waals surface area contributed by atoms with Gasteiger partial charge in [-0.25, -0.2) is 0 Å². The molecule has 0 amide bonds. The van der Waals surface area contributed by atoms with Crippen LogP contribution in [0.5, 0.6) is 0 Å². The van der Waals surface area contributed by atoms with Gasteiger partial charge in [0, 0.05) is 19.3 Å². The molecule has 1 N–H and O–H groups in total. The Balaban J connectivity index is 3.64. The molecule has 1 unspecified atom stereocenters. The van der Waals surface area contributed by atoms with Crippen molar-refractivity contribution in [1.29, 1.82) is 0 Å². The molecule has 0 aromatic carbocycles. The lowest BCUT2D eigenvalue weighted by molar-refractivity contribution is 0.136. The lowest BCUT2D eigenvalue weighted by atomic mass is 9.91. The molecule has 0 saturated heterocycles. The van der Waals surface area contributed by atoms with Crippen molar-refractivity contribution in [1.82, 2.24) is 5.32 Å². The Morgan fingerprint density at radius 1 is 1.13 bits per heavy atom. The highest BCUT2D eigenvalue weighted by atomic mass is 16.5. The fourth-order valence-corrected chi connectivity index (χ4v) is 1.65. The summed E-state index contributed by atoms with van der Waals surface area (Å²) in [5, 5.41) is 3.53. The van der Waals surface area contributed by atoms with E-state index in [9.17, 15) is 0 Å². The normalized spacial score (nSPS) is 13.8. The summed E-state index contributed by atoms with van der Waals surface area (Å²) in [6, 6.07) is 0.596. The Morgan fingerprint density at radius 2 is 1.80 bits per heavy atom. The Hall–Kier alpha value is -0.0800. The molecule has 0 aliphatic heterocycles. The van der Waals surface area contributed by atoms with Crippen LogP contribution in [0.25, 0.3) is 0 Å². The second-order valence-electron chi connectivity index (χ2n) is 4.91. The van der Waals surface area contributed by atoms with Gasteiger partial charge in [-0.3, -0.25) is 0 Å². The molecule has 0 aromatic heterocycles. The molecule has 1 atom stereocenters. The third-order valence-electron chi connectivity index (χ3n) is 2.80. The number of hydrogen-bond acceptors (Lipinski definition) is 2. The van der Waals surface area contributed by atoms with E-state index < -0.39 is 0 Å². The minimum atomic E-state index is 0.596. The minimum absolute atomic E-state index is 0.596. The van der Waals surface area contributed by atoms with Gasteiger partial charge in [0.05, 0.1) is 0 Å². The van der Waals surface area contributed by atoms with Crippen LogP contribution in [0.2, 0.25) is 0 Å². The van der Waals surface area contributed by atoms with Crippen molar-refractivity contribution in [2.75, 3.05) is 19.8 Å². The third-order valence-corrected chi connectivity index (χ3v) is 2.80. The standard InChI is InChI=1S/C13H29NO/c1-6-15-9-7-8-13(11(2)3)10-14-12(4)5/h11-14H,6-10H2,1-5H3. The van der Waals surface area contributed by atoms with E-state index >= 15 is 0 Å². The van der Waals surface area contributed by atoms with Crippen molar-refractivity contribution < 1.29 is 4.74 Å². The van der Waals surface area contributed by atoms with Gasteiger partial charge in [0.25, 0.3) is 0 Å². The third kappa shape index (κ3) is 8.88. The SMILES string of the molecule is CCOCCCC(CNC(C)C)C(C)C. The van der Waals surface area contributed by atoms with Crippen molar-refractivity contribution in [2.45, 2.75) is 53.5 Å². The minimum Gasteiger partial charge on any atom is -0.382 e. The molecule has 0 aromatic rings. The first kappa shape index (κ1) is 14.9. The quantitative estimate of drug-likeness (QED) is 0.597. The first-order valence-corrected chi connectivity index (χ1v) is 6.39. The topological polar surface area (TPSA) is 21.3 Å². The maximum atomic E-state index is 5.37. The van der Waals surface area contributed by atoms with Gasteiger partial charge in [-0.15, -0.1) is 0 Å². The van der Waals surface area contributed by atoms with Gasteiger partial charge in [0.1, 0.15) is 0 Å². The molecule has 0 saturated carbocycles. The average Bonchev–Trinajstić information content (AvgIpc) is 2.15. The van der Waals surface area contributed by atoms with Crippen LogP contribution in [-0.2, 0) is 4.74 Å².